The van der Waals surface area contributed by atoms with Crippen molar-refractivity contribution in [1.29, 1.82) is 0 Å². The maximum absolute atomic E-state index is 5.64. The Bertz CT molecular complexity index is 826. The van der Waals surface area contributed by atoms with E-state index in [2.05, 4.69) is 32.7 Å². The number of rotatable bonds is 5. The van der Waals surface area contributed by atoms with Crippen LogP contribution in [0.25, 0.3) is 0 Å². The molecule has 0 radical (unpaired) electrons. The number of halogens is 1. The molecule has 29 heavy (non-hydrogen) atoms. The van der Waals surface area contributed by atoms with E-state index in [1.807, 2.05) is 24.3 Å². The molecular formula is C21H27IN4O3. The van der Waals surface area contributed by atoms with Crippen LogP contribution in [0.3, 0.4) is 0 Å². The van der Waals surface area contributed by atoms with E-state index in [0.717, 1.165) is 55.8 Å². The summed E-state index contributed by atoms with van der Waals surface area (Å²) in [5.41, 5.74) is 2.18. The first-order valence-corrected chi connectivity index (χ1v) is 9.61. The lowest BCUT2D eigenvalue weighted by molar-refractivity contribution is 0.0513. The highest BCUT2D eigenvalue weighted by Crippen LogP contribution is 2.40. The van der Waals surface area contributed by atoms with Crippen LogP contribution >= 0.6 is 24.0 Å². The summed E-state index contributed by atoms with van der Waals surface area (Å²) in [6.45, 7) is 3.17. The highest BCUT2D eigenvalue weighted by Gasteiger charge is 2.35. The quantitative estimate of drug-likeness (QED) is 0.366. The van der Waals surface area contributed by atoms with E-state index in [1.54, 1.807) is 13.2 Å². The van der Waals surface area contributed by atoms with Crippen LogP contribution in [-0.4, -0.2) is 44.5 Å². The zero-order chi connectivity index (χ0) is 19.2. The third-order valence-electron chi connectivity index (χ3n) is 5.42. The van der Waals surface area contributed by atoms with Gasteiger partial charge in [-0.15, -0.1) is 24.0 Å². The number of hydrogen-bond acceptors (Lipinski definition) is 5. The van der Waals surface area contributed by atoms with E-state index in [0.29, 0.717) is 6.54 Å². The van der Waals surface area contributed by atoms with Crippen molar-refractivity contribution in [1.82, 2.24) is 15.6 Å². The molecule has 4 rings (SSSR count). The van der Waals surface area contributed by atoms with Crippen LogP contribution < -0.4 is 20.1 Å². The molecule has 1 saturated heterocycles. The molecule has 0 bridgehead atoms. The fraction of sp³-hybridized carbons (Fsp3) is 0.429. The molecule has 2 aromatic rings. The van der Waals surface area contributed by atoms with Gasteiger partial charge in [0.05, 0.1) is 12.2 Å². The summed E-state index contributed by atoms with van der Waals surface area (Å²) in [7, 11) is 1.78. The Kier molecular flexibility index (Phi) is 7.54. The number of nitrogens with one attached hydrogen (secondary N) is 2. The van der Waals surface area contributed by atoms with E-state index >= 15 is 0 Å². The minimum absolute atomic E-state index is 0. The first-order valence-electron chi connectivity index (χ1n) is 9.61. The van der Waals surface area contributed by atoms with Crippen LogP contribution in [0, 0.1) is 0 Å². The molecule has 156 valence electrons. The average Bonchev–Trinajstić information content (AvgIpc) is 3.23. The molecule has 1 aromatic carbocycles. The Morgan fingerprint density at radius 1 is 1.10 bits per heavy atom. The lowest BCUT2D eigenvalue weighted by Gasteiger charge is -2.38. The highest BCUT2D eigenvalue weighted by molar-refractivity contribution is 14.0. The zero-order valence-corrected chi connectivity index (χ0v) is 18.8. The van der Waals surface area contributed by atoms with Gasteiger partial charge in [0, 0.05) is 38.4 Å². The topological polar surface area (TPSA) is 77.0 Å². The number of aromatic nitrogens is 1. The molecule has 2 aliphatic heterocycles. The molecule has 7 nitrogen and oxygen atoms in total. The lowest BCUT2D eigenvalue weighted by atomic mass is 9.74. The summed E-state index contributed by atoms with van der Waals surface area (Å²) in [5, 5.41) is 6.84. The summed E-state index contributed by atoms with van der Waals surface area (Å²) >= 11 is 0. The second kappa shape index (κ2) is 10.1. The highest BCUT2D eigenvalue weighted by atomic mass is 127. The number of nitrogens with zero attached hydrogens (tertiary/aromatic N) is 2. The van der Waals surface area contributed by atoms with Gasteiger partial charge >= 0.3 is 0 Å². The predicted molar refractivity (Wildman–Crippen MR) is 122 cm³/mol. The van der Waals surface area contributed by atoms with Gasteiger partial charge in [0.15, 0.2) is 17.5 Å². The molecule has 0 unspecified atom stereocenters. The van der Waals surface area contributed by atoms with Gasteiger partial charge in [-0.05, 0) is 42.7 Å². The minimum Gasteiger partial charge on any atom is -0.454 e. The number of ether oxygens (including phenoxy) is 3. The molecule has 0 spiro atoms. The standard InChI is InChI=1S/C21H26N4O3.HI/c1-22-20(24-13-17-4-2-3-9-23-17)25-14-21(7-10-26-11-8-21)16-5-6-18-19(12-16)28-15-27-18;/h2-6,9,12H,7-8,10-11,13-15H2,1H3,(H2,22,24,25);1H. The molecule has 2 N–H and O–H groups in total. The summed E-state index contributed by atoms with van der Waals surface area (Å²) < 4.78 is 16.7. The van der Waals surface area contributed by atoms with Crippen LogP contribution in [0.5, 0.6) is 11.5 Å². The van der Waals surface area contributed by atoms with Crippen molar-refractivity contribution in [3.63, 3.8) is 0 Å². The largest absolute Gasteiger partial charge is 0.454 e. The average molecular weight is 510 g/mol. The van der Waals surface area contributed by atoms with Gasteiger partial charge in [0.25, 0.3) is 0 Å². The zero-order valence-electron chi connectivity index (χ0n) is 16.5. The van der Waals surface area contributed by atoms with Crippen LogP contribution in [0.15, 0.2) is 47.6 Å². The predicted octanol–water partition coefficient (Wildman–Crippen LogP) is 2.84. The Labute approximate surface area is 188 Å². The van der Waals surface area contributed by atoms with Crippen LogP contribution in [0.4, 0.5) is 0 Å². The minimum atomic E-state index is -0.0398. The molecule has 8 heteroatoms. The number of fused-ring (bicyclic) bond motifs is 1. The molecule has 0 saturated carbocycles. The number of benzene rings is 1. The van der Waals surface area contributed by atoms with E-state index in [9.17, 15) is 0 Å². The Hall–Kier alpha value is -2.07. The van der Waals surface area contributed by atoms with Crippen molar-refractivity contribution in [2.24, 2.45) is 4.99 Å². The molecule has 3 heterocycles. The Morgan fingerprint density at radius 3 is 2.69 bits per heavy atom. The first kappa shape index (κ1) is 21.6. The smallest absolute Gasteiger partial charge is 0.231 e. The van der Waals surface area contributed by atoms with E-state index in [4.69, 9.17) is 14.2 Å². The maximum Gasteiger partial charge on any atom is 0.231 e. The molecule has 0 aliphatic carbocycles. The fourth-order valence-corrected chi connectivity index (χ4v) is 3.71. The van der Waals surface area contributed by atoms with Crippen molar-refractivity contribution in [3.05, 3.63) is 53.9 Å². The number of hydrogen-bond donors (Lipinski definition) is 2. The molecule has 1 aromatic heterocycles. The molecule has 0 atom stereocenters. The fourth-order valence-electron chi connectivity index (χ4n) is 3.71. The van der Waals surface area contributed by atoms with Gasteiger partial charge in [0.2, 0.25) is 6.79 Å². The van der Waals surface area contributed by atoms with Gasteiger partial charge in [-0.2, -0.15) is 0 Å². The van der Waals surface area contributed by atoms with Gasteiger partial charge in [-0.3, -0.25) is 9.98 Å². The van der Waals surface area contributed by atoms with Crippen LogP contribution in [0.2, 0.25) is 0 Å². The van der Waals surface area contributed by atoms with E-state index < -0.39 is 0 Å². The van der Waals surface area contributed by atoms with Gasteiger partial charge < -0.3 is 24.8 Å². The molecule has 1 fully saturated rings. The van der Waals surface area contributed by atoms with E-state index in [-0.39, 0.29) is 36.2 Å². The van der Waals surface area contributed by atoms with Crippen LogP contribution in [0.1, 0.15) is 24.1 Å². The lowest BCUT2D eigenvalue weighted by Crippen LogP contribution is -2.48. The number of aliphatic imine (C=N–C) groups is 1. The monoisotopic (exact) mass is 510 g/mol. The van der Waals surface area contributed by atoms with Gasteiger partial charge in [-0.1, -0.05) is 12.1 Å². The van der Waals surface area contributed by atoms with E-state index in [1.165, 1.54) is 5.56 Å². The number of guanidine groups is 1. The van der Waals surface area contributed by atoms with Crippen molar-refractivity contribution in [3.8, 4) is 11.5 Å². The van der Waals surface area contributed by atoms with Crippen LogP contribution in [-0.2, 0) is 16.7 Å². The van der Waals surface area contributed by atoms with Crippen molar-refractivity contribution in [2.75, 3.05) is 33.6 Å². The number of pyridine rings is 1. The van der Waals surface area contributed by atoms with Crippen molar-refractivity contribution >= 4 is 29.9 Å². The molecule has 2 aliphatic rings. The summed E-state index contributed by atoms with van der Waals surface area (Å²) in [4.78, 5) is 8.70. The maximum atomic E-state index is 5.64. The Balaban J connectivity index is 0.00000240. The summed E-state index contributed by atoms with van der Waals surface area (Å²) in [6.07, 6.45) is 3.68. The second-order valence-corrected chi connectivity index (χ2v) is 7.06. The third kappa shape index (κ3) is 5.11. The molecular weight excluding hydrogens is 483 g/mol. The summed E-state index contributed by atoms with van der Waals surface area (Å²) in [6, 6.07) is 12.1. The third-order valence-corrected chi connectivity index (χ3v) is 5.42. The first-order chi connectivity index (χ1) is 13.8. The second-order valence-electron chi connectivity index (χ2n) is 7.06. The SMILES string of the molecule is CN=C(NCc1ccccn1)NCC1(c2ccc3c(c2)OCO3)CCOCC1.I. The summed E-state index contributed by atoms with van der Waals surface area (Å²) in [5.74, 6) is 2.39. The Morgan fingerprint density at radius 2 is 1.93 bits per heavy atom. The molecule has 0 amide bonds. The normalized spacial score (nSPS) is 17.3. The van der Waals surface area contributed by atoms with Gasteiger partial charge in [-0.25, -0.2) is 0 Å². The van der Waals surface area contributed by atoms with Crippen molar-refractivity contribution in [2.45, 2.75) is 24.8 Å². The van der Waals surface area contributed by atoms with Crippen molar-refractivity contribution < 1.29 is 14.2 Å². The van der Waals surface area contributed by atoms with Gasteiger partial charge in [0.1, 0.15) is 0 Å².